The molecule has 0 radical (unpaired) electrons. The highest BCUT2D eigenvalue weighted by Gasteiger charge is 2.30. The summed E-state index contributed by atoms with van der Waals surface area (Å²) in [5.74, 6) is -1.07. The Balaban J connectivity index is 2.07. The molecule has 1 atom stereocenters. The number of carbonyl (C=O) groups excluding carboxylic acids is 1. The number of likely N-dealkylation sites (tertiary alicyclic amines) is 1. The van der Waals surface area contributed by atoms with Crippen LogP contribution in [-0.4, -0.2) is 47.7 Å². The van der Waals surface area contributed by atoms with Crippen molar-refractivity contribution >= 4 is 23.2 Å². The molecule has 0 saturated carbocycles. The molecule has 0 bridgehead atoms. The Labute approximate surface area is 115 Å². The summed E-state index contributed by atoms with van der Waals surface area (Å²) in [6, 6.07) is 3.18. The van der Waals surface area contributed by atoms with Gasteiger partial charge >= 0.3 is 5.97 Å². The molecule has 1 amide bonds. The lowest BCUT2D eigenvalue weighted by molar-refractivity contribution is 0.0568. The number of nitrogens with zero attached hydrogens (tertiary/aromatic N) is 1. The van der Waals surface area contributed by atoms with Gasteiger partial charge in [-0.05, 0) is 31.9 Å². The molecule has 0 aliphatic carbocycles. The first-order valence-corrected chi connectivity index (χ1v) is 7.17. The molecule has 1 aliphatic heterocycles. The number of rotatable bonds is 5. The maximum absolute atomic E-state index is 12.3. The van der Waals surface area contributed by atoms with Crippen LogP contribution < -0.4 is 0 Å². The van der Waals surface area contributed by atoms with Gasteiger partial charge in [-0.1, -0.05) is 0 Å². The van der Waals surface area contributed by atoms with Gasteiger partial charge in [0.05, 0.1) is 17.5 Å². The van der Waals surface area contributed by atoms with Crippen molar-refractivity contribution in [2.24, 2.45) is 0 Å². The monoisotopic (exact) mass is 283 g/mol. The number of carbonyl (C=O) groups is 2. The fourth-order valence-electron chi connectivity index (χ4n) is 2.24. The third-order valence-corrected chi connectivity index (χ3v) is 4.24. The van der Waals surface area contributed by atoms with Gasteiger partial charge in [0.25, 0.3) is 5.91 Å². The zero-order valence-electron chi connectivity index (χ0n) is 10.8. The summed E-state index contributed by atoms with van der Waals surface area (Å²) in [6.45, 7) is 3.84. The largest absolute Gasteiger partial charge is 0.477 e. The summed E-state index contributed by atoms with van der Waals surface area (Å²) in [5, 5.41) is 8.88. The number of ether oxygens (including phenoxy) is 1. The Morgan fingerprint density at radius 1 is 1.47 bits per heavy atom. The minimum Gasteiger partial charge on any atom is -0.477 e. The Bertz CT molecular complexity index is 471. The van der Waals surface area contributed by atoms with Crippen LogP contribution in [0.1, 0.15) is 39.1 Å². The first-order valence-electron chi connectivity index (χ1n) is 6.35. The van der Waals surface area contributed by atoms with Crippen molar-refractivity contribution in [1.29, 1.82) is 0 Å². The molecule has 104 valence electrons. The zero-order valence-corrected chi connectivity index (χ0v) is 11.6. The van der Waals surface area contributed by atoms with Gasteiger partial charge in [-0.2, -0.15) is 0 Å². The van der Waals surface area contributed by atoms with Gasteiger partial charge in [0, 0.05) is 13.2 Å². The molecule has 2 rings (SSSR count). The molecule has 5 nitrogen and oxygen atoms in total. The van der Waals surface area contributed by atoms with E-state index in [9.17, 15) is 9.59 Å². The normalized spacial score (nSPS) is 18.8. The van der Waals surface area contributed by atoms with Crippen molar-refractivity contribution in [1.82, 2.24) is 4.90 Å². The Kier molecular flexibility index (Phi) is 4.55. The standard InChI is InChI=1S/C13H17NO4S/c1-2-18-8-9-4-3-7-14(9)12(15)10-5-6-11(19-10)13(16)17/h5-6,9H,2-4,7-8H2,1H3,(H,16,17). The lowest BCUT2D eigenvalue weighted by Gasteiger charge is -2.23. The molecule has 6 heteroatoms. The van der Waals surface area contributed by atoms with Crippen molar-refractivity contribution in [3.63, 3.8) is 0 Å². The second-order valence-corrected chi connectivity index (χ2v) is 5.51. The number of aromatic carboxylic acids is 1. The van der Waals surface area contributed by atoms with E-state index in [1.807, 2.05) is 6.92 Å². The highest BCUT2D eigenvalue weighted by molar-refractivity contribution is 7.15. The van der Waals surface area contributed by atoms with Crippen molar-refractivity contribution in [3.8, 4) is 0 Å². The molecule has 0 spiro atoms. The molecule has 1 saturated heterocycles. The van der Waals surface area contributed by atoms with Gasteiger partial charge in [0.15, 0.2) is 0 Å². The third kappa shape index (κ3) is 3.13. The molecule has 1 unspecified atom stereocenters. The van der Waals surface area contributed by atoms with E-state index >= 15 is 0 Å². The topological polar surface area (TPSA) is 66.8 Å². The molecular weight excluding hydrogens is 266 g/mol. The molecular formula is C13H17NO4S. The number of carboxylic acid groups (broad SMARTS) is 1. The molecule has 2 heterocycles. The fourth-order valence-corrected chi connectivity index (χ4v) is 3.04. The van der Waals surface area contributed by atoms with E-state index in [1.165, 1.54) is 6.07 Å². The SMILES string of the molecule is CCOCC1CCCN1C(=O)c1ccc(C(=O)O)s1. The fraction of sp³-hybridized carbons (Fsp3) is 0.538. The van der Waals surface area contributed by atoms with Gasteiger partial charge < -0.3 is 14.7 Å². The van der Waals surface area contributed by atoms with Gasteiger partial charge in [-0.15, -0.1) is 11.3 Å². The molecule has 1 fully saturated rings. The minimum absolute atomic E-state index is 0.0836. The molecule has 1 aromatic rings. The molecule has 19 heavy (non-hydrogen) atoms. The van der Waals surface area contributed by atoms with E-state index < -0.39 is 5.97 Å². The first-order chi connectivity index (χ1) is 9.13. The van der Waals surface area contributed by atoms with E-state index in [-0.39, 0.29) is 16.8 Å². The number of hydrogen-bond acceptors (Lipinski definition) is 4. The summed E-state index contributed by atoms with van der Waals surface area (Å²) < 4.78 is 5.39. The molecule has 1 aliphatic rings. The third-order valence-electron chi connectivity index (χ3n) is 3.18. The van der Waals surface area contributed by atoms with Crippen LogP contribution in [0, 0.1) is 0 Å². The van der Waals surface area contributed by atoms with Crippen LogP contribution in [-0.2, 0) is 4.74 Å². The lowest BCUT2D eigenvalue weighted by atomic mass is 10.2. The van der Waals surface area contributed by atoms with E-state index in [0.717, 1.165) is 30.7 Å². The quantitative estimate of drug-likeness (QED) is 0.898. The van der Waals surface area contributed by atoms with Gasteiger partial charge in [0.2, 0.25) is 0 Å². The van der Waals surface area contributed by atoms with E-state index in [0.29, 0.717) is 18.1 Å². The Morgan fingerprint density at radius 2 is 2.21 bits per heavy atom. The van der Waals surface area contributed by atoms with Crippen molar-refractivity contribution < 1.29 is 19.4 Å². The van der Waals surface area contributed by atoms with Crippen LogP contribution in [0.4, 0.5) is 0 Å². The molecule has 0 aromatic carbocycles. The second kappa shape index (κ2) is 6.16. The molecule has 1 N–H and O–H groups in total. The second-order valence-electron chi connectivity index (χ2n) is 4.42. The first kappa shape index (κ1) is 14.0. The summed E-state index contributed by atoms with van der Waals surface area (Å²) in [7, 11) is 0. The smallest absolute Gasteiger partial charge is 0.345 e. The summed E-state index contributed by atoms with van der Waals surface area (Å²) in [4.78, 5) is 25.7. The van der Waals surface area contributed by atoms with Crippen LogP contribution in [0.3, 0.4) is 0 Å². The summed E-state index contributed by atoms with van der Waals surface area (Å²) in [6.07, 6.45) is 1.92. The predicted octanol–water partition coefficient (Wildman–Crippen LogP) is 2.09. The van der Waals surface area contributed by atoms with E-state index in [2.05, 4.69) is 0 Å². The maximum Gasteiger partial charge on any atom is 0.345 e. The van der Waals surface area contributed by atoms with Gasteiger partial charge in [0.1, 0.15) is 4.88 Å². The maximum atomic E-state index is 12.3. The number of amides is 1. The highest BCUT2D eigenvalue weighted by Crippen LogP contribution is 2.24. The number of carboxylic acids is 1. The van der Waals surface area contributed by atoms with Crippen LogP contribution in [0.15, 0.2) is 12.1 Å². The Morgan fingerprint density at radius 3 is 2.84 bits per heavy atom. The van der Waals surface area contributed by atoms with Crippen molar-refractivity contribution in [2.75, 3.05) is 19.8 Å². The van der Waals surface area contributed by atoms with Crippen molar-refractivity contribution in [3.05, 3.63) is 21.9 Å². The average molecular weight is 283 g/mol. The van der Waals surface area contributed by atoms with Crippen LogP contribution in [0.25, 0.3) is 0 Å². The predicted molar refractivity (Wildman–Crippen MR) is 71.8 cm³/mol. The summed E-state index contributed by atoms with van der Waals surface area (Å²) in [5.41, 5.74) is 0. The minimum atomic E-state index is -0.990. The van der Waals surface area contributed by atoms with Crippen molar-refractivity contribution in [2.45, 2.75) is 25.8 Å². The summed E-state index contributed by atoms with van der Waals surface area (Å²) >= 11 is 1.03. The number of thiophene rings is 1. The van der Waals surface area contributed by atoms with Crippen LogP contribution in [0.5, 0.6) is 0 Å². The van der Waals surface area contributed by atoms with E-state index in [1.54, 1.807) is 11.0 Å². The van der Waals surface area contributed by atoms with Crippen LogP contribution in [0.2, 0.25) is 0 Å². The lowest BCUT2D eigenvalue weighted by Crippen LogP contribution is -2.37. The van der Waals surface area contributed by atoms with Gasteiger partial charge in [-0.3, -0.25) is 4.79 Å². The highest BCUT2D eigenvalue weighted by atomic mass is 32.1. The van der Waals surface area contributed by atoms with Crippen LogP contribution >= 0.6 is 11.3 Å². The molecule has 1 aromatic heterocycles. The number of hydrogen-bond donors (Lipinski definition) is 1. The Hall–Kier alpha value is -1.40. The average Bonchev–Trinajstić information content (AvgIpc) is 3.04. The van der Waals surface area contributed by atoms with E-state index in [4.69, 9.17) is 9.84 Å². The zero-order chi connectivity index (χ0) is 13.8. The van der Waals surface area contributed by atoms with Gasteiger partial charge in [-0.25, -0.2) is 4.79 Å².